The molecule has 0 unspecified atom stereocenters. The minimum atomic E-state index is -4.10. The van der Waals surface area contributed by atoms with Crippen LogP contribution >= 0.6 is 0 Å². The average Bonchev–Trinajstić information content (AvgIpc) is 3.04. The molecule has 3 rings (SSSR count). The molecule has 0 aliphatic carbocycles. The summed E-state index contributed by atoms with van der Waals surface area (Å²) in [6.45, 7) is -0.588. The van der Waals surface area contributed by atoms with Crippen LogP contribution in [-0.4, -0.2) is 24.9 Å². The van der Waals surface area contributed by atoms with Gasteiger partial charge < -0.3 is 9.63 Å². The van der Waals surface area contributed by atoms with Gasteiger partial charge >= 0.3 is 0 Å². The van der Waals surface area contributed by atoms with E-state index in [9.17, 15) is 22.3 Å². The van der Waals surface area contributed by atoms with Crippen LogP contribution < -0.4 is 0 Å². The molecule has 1 N–H and O–H groups in total. The second-order valence-corrected chi connectivity index (χ2v) is 7.67. The summed E-state index contributed by atoms with van der Waals surface area (Å²) < 4.78 is 56.8. The van der Waals surface area contributed by atoms with E-state index in [2.05, 4.69) is 5.16 Å². The summed E-state index contributed by atoms with van der Waals surface area (Å²) in [6.07, 6.45) is 0.703. The molecule has 0 amide bonds. The smallest absolute Gasteiger partial charge is 0.181 e. The highest BCUT2D eigenvalue weighted by Crippen LogP contribution is 2.36. The number of aromatic nitrogens is 1. The Bertz CT molecular complexity index is 1140. The van der Waals surface area contributed by atoms with Crippen LogP contribution in [0.25, 0.3) is 22.4 Å². The molecule has 9 heteroatoms. The molecule has 1 aromatic heterocycles. The Labute approximate surface area is 153 Å². The quantitative estimate of drug-likeness (QED) is 0.734. The van der Waals surface area contributed by atoms with Crippen molar-refractivity contribution in [1.29, 1.82) is 5.26 Å². The van der Waals surface area contributed by atoms with Gasteiger partial charge in [-0.25, -0.2) is 17.2 Å². The van der Waals surface area contributed by atoms with Crippen molar-refractivity contribution in [3.05, 3.63) is 59.4 Å². The van der Waals surface area contributed by atoms with Gasteiger partial charge in [-0.2, -0.15) is 5.26 Å². The van der Waals surface area contributed by atoms with Gasteiger partial charge in [-0.15, -0.1) is 0 Å². The first-order valence-electron chi connectivity index (χ1n) is 7.55. The second-order valence-electron chi connectivity index (χ2n) is 5.72. The summed E-state index contributed by atoms with van der Waals surface area (Å²) in [5.74, 6) is -2.56. The SMILES string of the molecule is CS(=O)(=O)c1c(F)cc(-c2c(-c3ccc(C#N)cc3)noc2CO)cc1F. The number of sulfone groups is 1. The molecule has 0 atom stereocenters. The Balaban J connectivity index is 2.23. The lowest BCUT2D eigenvalue weighted by atomic mass is 9.98. The lowest BCUT2D eigenvalue weighted by Gasteiger charge is -2.08. The Morgan fingerprint density at radius 2 is 1.74 bits per heavy atom. The van der Waals surface area contributed by atoms with Crippen molar-refractivity contribution in [3.63, 3.8) is 0 Å². The topological polar surface area (TPSA) is 104 Å². The number of rotatable bonds is 4. The predicted octanol–water partition coefficient (Wildman–Crippen LogP) is 3.05. The number of aliphatic hydroxyl groups excluding tert-OH is 1. The van der Waals surface area contributed by atoms with Gasteiger partial charge in [0, 0.05) is 11.8 Å². The van der Waals surface area contributed by atoms with E-state index in [0.717, 1.165) is 12.1 Å². The van der Waals surface area contributed by atoms with Crippen molar-refractivity contribution in [2.75, 3.05) is 6.26 Å². The fourth-order valence-corrected chi connectivity index (χ4v) is 3.51. The van der Waals surface area contributed by atoms with Crippen molar-refractivity contribution in [3.8, 4) is 28.5 Å². The number of halogens is 2. The number of hydrogen-bond donors (Lipinski definition) is 1. The first-order chi connectivity index (χ1) is 12.8. The van der Waals surface area contributed by atoms with Crippen LogP contribution in [0.2, 0.25) is 0 Å². The zero-order valence-electron chi connectivity index (χ0n) is 13.9. The van der Waals surface area contributed by atoms with Gasteiger partial charge in [0.05, 0.1) is 17.2 Å². The third kappa shape index (κ3) is 3.45. The van der Waals surface area contributed by atoms with Crippen LogP contribution in [0.1, 0.15) is 11.3 Å². The summed E-state index contributed by atoms with van der Waals surface area (Å²) in [4.78, 5) is -1.03. The molecule has 0 aliphatic heterocycles. The van der Waals surface area contributed by atoms with E-state index in [1.165, 1.54) is 12.1 Å². The standard InChI is InChI=1S/C18H12F2N2O4S/c1-27(24,25)18-13(19)6-12(7-14(18)20)16-15(9-23)26-22-17(16)11-4-2-10(8-21)3-5-11/h2-7,23H,9H2,1H3. The molecular weight excluding hydrogens is 378 g/mol. The first kappa shape index (κ1) is 18.7. The van der Waals surface area contributed by atoms with Crippen LogP contribution in [-0.2, 0) is 16.4 Å². The van der Waals surface area contributed by atoms with Crippen molar-refractivity contribution >= 4 is 9.84 Å². The number of hydrogen-bond acceptors (Lipinski definition) is 6. The van der Waals surface area contributed by atoms with E-state index >= 15 is 0 Å². The molecule has 0 saturated carbocycles. The zero-order chi connectivity index (χ0) is 19.8. The summed E-state index contributed by atoms with van der Waals surface area (Å²) in [7, 11) is -4.10. The van der Waals surface area contributed by atoms with Crippen molar-refractivity contribution in [1.82, 2.24) is 5.16 Å². The Morgan fingerprint density at radius 3 is 2.22 bits per heavy atom. The second kappa shape index (κ2) is 6.90. The monoisotopic (exact) mass is 390 g/mol. The summed E-state index contributed by atoms with van der Waals surface area (Å²) in [5.41, 5.74) is 1.16. The number of benzene rings is 2. The van der Waals surface area contributed by atoms with Crippen LogP contribution in [0, 0.1) is 23.0 Å². The zero-order valence-corrected chi connectivity index (χ0v) is 14.7. The highest BCUT2D eigenvalue weighted by molar-refractivity contribution is 7.90. The Morgan fingerprint density at radius 1 is 1.15 bits per heavy atom. The van der Waals surface area contributed by atoms with Gasteiger partial charge in [0.1, 0.15) is 28.8 Å². The van der Waals surface area contributed by atoms with Crippen molar-refractivity contribution in [2.45, 2.75) is 11.5 Å². The van der Waals surface area contributed by atoms with E-state index in [1.54, 1.807) is 12.1 Å². The van der Waals surface area contributed by atoms with E-state index in [4.69, 9.17) is 9.78 Å². The van der Waals surface area contributed by atoms with Gasteiger partial charge in [0.25, 0.3) is 0 Å². The van der Waals surface area contributed by atoms with Gasteiger partial charge in [0.2, 0.25) is 0 Å². The molecule has 1 heterocycles. The lowest BCUT2D eigenvalue weighted by molar-refractivity contribution is 0.230. The molecule has 0 spiro atoms. The first-order valence-corrected chi connectivity index (χ1v) is 9.44. The largest absolute Gasteiger partial charge is 0.388 e. The van der Waals surface area contributed by atoms with E-state index < -0.39 is 33.0 Å². The molecule has 0 fully saturated rings. The third-order valence-corrected chi connectivity index (χ3v) is 4.98. The van der Waals surface area contributed by atoms with Gasteiger partial charge in [-0.3, -0.25) is 0 Å². The Kier molecular flexibility index (Phi) is 4.78. The maximum absolute atomic E-state index is 14.3. The van der Waals surface area contributed by atoms with E-state index in [1.807, 2.05) is 6.07 Å². The van der Waals surface area contributed by atoms with Crippen molar-refractivity contribution in [2.24, 2.45) is 0 Å². The molecule has 0 radical (unpaired) electrons. The molecule has 6 nitrogen and oxygen atoms in total. The molecule has 0 saturated heterocycles. The highest BCUT2D eigenvalue weighted by Gasteiger charge is 2.25. The highest BCUT2D eigenvalue weighted by atomic mass is 32.2. The summed E-state index contributed by atoms with van der Waals surface area (Å²) in [6, 6.07) is 9.85. The maximum atomic E-state index is 14.3. The van der Waals surface area contributed by atoms with Crippen LogP contribution in [0.15, 0.2) is 45.8 Å². The number of nitriles is 1. The average molecular weight is 390 g/mol. The fraction of sp³-hybridized carbons (Fsp3) is 0.111. The van der Waals surface area contributed by atoms with Gasteiger partial charge in [-0.05, 0) is 29.8 Å². The van der Waals surface area contributed by atoms with E-state index in [-0.39, 0.29) is 22.6 Å². The summed E-state index contributed by atoms with van der Waals surface area (Å²) in [5, 5.41) is 22.2. The minimum Gasteiger partial charge on any atom is -0.388 e. The molecule has 27 heavy (non-hydrogen) atoms. The van der Waals surface area contributed by atoms with Gasteiger partial charge in [0.15, 0.2) is 15.6 Å². The van der Waals surface area contributed by atoms with Crippen LogP contribution in [0.5, 0.6) is 0 Å². The number of nitrogens with zero attached hydrogens (tertiary/aromatic N) is 2. The molecule has 138 valence electrons. The normalized spacial score (nSPS) is 11.4. The number of aliphatic hydroxyl groups is 1. The fourth-order valence-electron chi connectivity index (χ4n) is 2.69. The summed E-state index contributed by atoms with van der Waals surface area (Å²) >= 11 is 0. The third-order valence-electron chi connectivity index (χ3n) is 3.85. The molecule has 0 bridgehead atoms. The van der Waals surface area contributed by atoms with Gasteiger partial charge in [-0.1, -0.05) is 17.3 Å². The molecular formula is C18H12F2N2O4S. The lowest BCUT2D eigenvalue weighted by Crippen LogP contribution is -2.05. The van der Waals surface area contributed by atoms with Crippen molar-refractivity contribution < 1.29 is 26.8 Å². The predicted molar refractivity (Wildman–Crippen MR) is 91.0 cm³/mol. The molecule has 2 aromatic carbocycles. The van der Waals surface area contributed by atoms with Crippen LogP contribution in [0.3, 0.4) is 0 Å². The van der Waals surface area contributed by atoms with E-state index in [0.29, 0.717) is 17.4 Å². The van der Waals surface area contributed by atoms with Crippen LogP contribution in [0.4, 0.5) is 8.78 Å². The Hall–Kier alpha value is -3.09. The maximum Gasteiger partial charge on any atom is 0.181 e. The molecule has 3 aromatic rings. The molecule has 0 aliphatic rings. The minimum absolute atomic E-state index is 0.0398.